The Morgan fingerprint density at radius 3 is 2.52 bits per heavy atom. The average Bonchev–Trinajstić information content (AvgIpc) is 3.53. The molecule has 1 N–H and O–H groups in total. The molecule has 176 valence electrons. The summed E-state index contributed by atoms with van der Waals surface area (Å²) in [6.07, 6.45) is -2.58. The molecular formula is C23H24F3N3O3S. The number of fused-ring (bicyclic) bond motifs is 1. The first-order valence-electron chi connectivity index (χ1n) is 10.8. The maximum atomic E-state index is 13.0. The summed E-state index contributed by atoms with van der Waals surface area (Å²) in [5.41, 5.74) is -0.317. The third-order valence-corrected chi connectivity index (χ3v) is 7.36. The number of halogens is 3. The Hall–Kier alpha value is -2.88. The van der Waals surface area contributed by atoms with Crippen molar-refractivity contribution < 1.29 is 26.4 Å². The molecule has 0 spiro atoms. The van der Waals surface area contributed by atoms with Gasteiger partial charge in [0.2, 0.25) is 5.91 Å². The fourth-order valence-electron chi connectivity index (χ4n) is 3.71. The molecule has 0 saturated heterocycles. The van der Waals surface area contributed by atoms with E-state index in [-0.39, 0.29) is 36.1 Å². The highest BCUT2D eigenvalue weighted by Crippen LogP contribution is 2.42. The predicted molar refractivity (Wildman–Crippen MR) is 117 cm³/mol. The van der Waals surface area contributed by atoms with Crippen molar-refractivity contribution in [3.8, 4) is 0 Å². The van der Waals surface area contributed by atoms with Crippen LogP contribution in [0.2, 0.25) is 0 Å². The number of hydrogen-bond donors (Lipinski definition) is 1. The highest BCUT2D eigenvalue weighted by atomic mass is 32.2. The largest absolute Gasteiger partial charge is 0.435 e. The van der Waals surface area contributed by atoms with Gasteiger partial charge in [-0.1, -0.05) is 30.3 Å². The van der Waals surface area contributed by atoms with Crippen LogP contribution in [0, 0.1) is 0 Å². The highest BCUT2D eigenvalue weighted by Gasteiger charge is 2.37. The number of sulfone groups is 1. The van der Waals surface area contributed by atoms with E-state index >= 15 is 0 Å². The van der Waals surface area contributed by atoms with E-state index in [1.165, 1.54) is 10.7 Å². The Balaban J connectivity index is 1.26. The molecule has 0 aliphatic heterocycles. The minimum Gasteiger partial charge on any atom is -0.356 e. The summed E-state index contributed by atoms with van der Waals surface area (Å²) < 4.78 is 65.5. The van der Waals surface area contributed by atoms with Gasteiger partial charge in [0.15, 0.2) is 15.5 Å². The van der Waals surface area contributed by atoms with Crippen molar-refractivity contribution in [2.75, 3.05) is 12.3 Å². The summed E-state index contributed by atoms with van der Waals surface area (Å²) in [5, 5.41) is 8.06. The Morgan fingerprint density at radius 2 is 1.82 bits per heavy atom. The zero-order valence-electron chi connectivity index (χ0n) is 17.8. The summed E-state index contributed by atoms with van der Waals surface area (Å²) in [6.45, 7) is 0.470. The molecule has 0 radical (unpaired) electrons. The normalized spacial score (nSPS) is 14.5. The number of nitrogens with zero attached hydrogens (tertiary/aromatic N) is 2. The van der Waals surface area contributed by atoms with Gasteiger partial charge >= 0.3 is 6.18 Å². The molecule has 1 aliphatic rings. The first-order chi connectivity index (χ1) is 15.6. The van der Waals surface area contributed by atoms with Crippen LogP contribution in [0.4, 0.5) is 13.2 Å². The lowest BCUT2D eigenvalue weighted by atomic mass is 10.1. The molecule has 0 atom stereocenters. The number of amides is 1. The average molecular weight is 480 g/mol. The van der Waals surface area contributed by atoms with E-state index in [0.29, 0.717) is 12.1 Å². The molecule has 4 rings (SSSR count). The molecule has 0 unspecified atom stereocenters. The maximum absolute atomic E-state index is 13.0. The topological polar surface area (TPSA) is 81.1 Å². The lowest BCUT2D eigenvalue weighted by Gasteiger charge is -2.09. The fraction of sp³-hybridized carbons (Fsp3) is 0.391. The number of rotatable bonds is 9. The van der Waals surface area contributed by atoms with Crippen molar-refractivity contribution >= 4 is 26.5 Å². The minimum atomic E-state index is -4.49. The van der Waals surface area contributed by atoms with Crippen LogP contribution in [0.3, 0.4) is 0 Å². The van der Waals surface area contributed by atoms with Gasteiger partial charge < -0.3 is 5.32 Å². The van der Waals surface area contributed by atoms with Crippen LogP contribution < -0.4 is 5.32 Å². The van der Waals surface area contributed by atoms with Crippen LogP contribution in [0.1, 0.15) is 43.0 Å². The quantitative estimate of drug-likeness (QED) is 0.464. The second-order valence-corrected chi connectivity index (χ2v) is 10.3. The number of hydrogen-bond acceptors (Lipinski definition) is 4. The van der Waals surface area contributed by atoms with Crippen LogP contribution in [-0.4, -0.2) is 36.4 Å². The number of carbonyl (C=O) groups is 1. The molecule has 2 aromatic carbocycles. The number of nitrogens with one attached hydrogen (secondary N) is 1. The van der Waals surface area contributed by atoms with E-state index in [1.807, 2.05) is 24.3 Å². The van der Waals surface area contributed by atoms with Gasteiger partial charge in [-0.3, -0.25) is 9.48 Å². The maximum Gasteiger partial charge on any atom is 0.435 e. The van der Waals surface area contributed by atoms with Crippen molar-refractivity contribution in [1.29, 1.82) is 0 Å². The van der Waals surface area contributed by atoms with Crippen LogP contribution in [0.25, 0.3) is 10.8 Å². The third-order valence-electron chi connectivity index (χ3n) is 5.64. The molecular weight excluding hydrogens is 455 g/mol. The summed E-state index contributed by atoms with van der Waals surface area (Å²) >= 11 is 0. The van der Waals surface area contributed by atoms with Gasteiger partial charge in [0.25, 0.3) is 0 Å². The van der Waals surface area contributed by atoms with E-state index in [2.05, 4.69) is 10.4 Å². The summed E-state index contributed by atoms with van der Waals surface area (Å²) in [7, 11) is -3.62. The number of carbonyl (C=O) groups excluding carboxylic acids is 1. The second kappa shape index (κ2) is 9.17. The SMILES string of the molecule is O=C(CCS(=O)(=O)c1ccc2ccccc2c1)NCCCn1nc(C(F)(F)F)cc1C1CC1. The summed E-state index contributed by atoms with van der Waals surface area (Å²) in [6, 6.07) is 13.4. The molecule has 1 fully saturated rings. The van der Waals surface area contributed by atoms with Gasteiger partial charge in [-0.2, -0.15) is 18.3 Å². The first-order valence-corrected chi connectivity index (χ1v) is 12.4. The molecule has 33 heavy (non-hydrogen) atoms. The zero-order valence-corrected chi connectivity index (χ0v) is 18.6. The Labute approximate surface area is 189 Å². The molecule has 1 saturated carbocycles. The van der Waals surface area contributed by atoms with E-state index in [9.17, 15) is 26.4 Å². The van der Waals surface area contributed by atoms with Gasteiger partial charge in [0.1, 0.15) is 0 Å². The van der Waals surface area contributed by atoms with Gasteiger partial charge in [-0.15, -0.1) is 0 Å². The van der Waals surface area contributed by atoms with E-state index in [4.69, 9.17) is 0 Å². The van der Waals surface area contributed by atoms with Crippen molar-refractivity contribution in [1.82, 2.24) is 15.1 Å². The fourth-order valence-corrected chi connectivity index (χ4v) is 4.98. The highest BCUT2D eigenvalue weighted by molar-refractivity contribution is 7.91. The summed E-state index contributed by atoms with van der Waals surface area (Å²) in [4.78, 5) is 12.3. The molecule has 1 aromatic heterocycles. The van der Waals surface area contributed by atoms with Crippen molar-refractivity contribution in [3.63, 3.8) is 0 Å². The number of alkyl halides is 3. The van der Waals surface area contributed by atoms with Crippen LogP contribution in [0.15, 0.2) is 53.4 Å². The number of benzene rings is 2. The third kappa shape index (κ3) is 5.73. The molecule has 6 nitrogen and oxygen atoms in total. The molecule has 10 heteroatoms. The first kappa shape index (κ1) is 23.3. The smallest absolute Gasteiger partial charge is 0.356 e. The summed E-state index contributed by atoms with van der Waals surface area (Å²) in [5.74, 6) is -0.626. The van der Waals surface area contributed by atoms with Crippen LogP contribution in [0.5, 0.6) is 0 Å². The molecule has 1 aliphatic carbocycles. The van der Waals surface area contributed by atoms with Gasteiger partial charge in [-0.05, 0) is 48.2 Å². The van der Waals surface area contributed by atoms with Crippen molar-refractivity contribution in [2.45, 2.75) is 49.2 Å². The molecule has 1 amide bonds. The van der Waals surface area contributed by atoms with Crippen LogP contribution >= 0.6 is 0 Å². The number of aryl methyl sites for hydroxylation is 1. The van der Waals surface area contributed by atoms with Crippen molar-refractivity contribution in [2.24, 2.45) is 0 Å². The predicted octanol–water partition coefficient (Wildman–Crippen LogP) is 4.30. The lowest BCUT2D eigenvalue weighted by molar-refractivity contribution is -0.141. The monoisotopic (exact) mass is 479 g/mol. The van der Waals surface area contributed by atoms with Gasteiger partial charge in [-0.25, -0.2) is 8.42 Å². The van der Waals surface area contributed by atoms with E-state index < -0.39 is 27.6 Å². The van der Waals surface area contributed by atoms with E-state index in [1.54, 1.807) is 12.1 Å². The molecule has 3 aromatic rings. The zero-order chi connectivity index (χ0) is 23.6. The lowest BCUT2D eigenvalue weighted by Crippen LogP contribution is -2.27. The number of aromatic nitrogens is 2. The Morgan fingerprint density at radius 1 is 1.09 bits per heavy atom. The Kier molecular flexibility index (Phi) is 6.47. The van der Waals surface area contributed by atoms with Gasteiger partial charge in [0, 0.05) is 31.1 Å². The van der Waals surface area contributed by atoms with Gasteiger partial charge in [0.05, 0.1) is 10.6 Å². The van der Waals surface area contributed by atoms with Crippen LogP contribution in [-0.2, 0) is 27.4 Å². The standard InChI is InChI=1S/C23H24F3N3O3S/c24-23(25,26)21-15-20(17-6-7-17)29(28-21)12-3-11-27-22(30)10-13-33(31,32)19-9-8-16-4-1-2-5-18(16)14-19/h1-2,4-5,8-9,14-15,17H,3,6-7,10-13H2,(H,27,30). The minimum absolute atomic E-state index is 0.114. The molecule has 0 bridgehead atoms. The Bertz CT molecular complexity index is 1260. The second-order valence-electron chi connectivity index (χ2n) is 8.23. The molecule has 1 heterocycles. The van der Waals surface area contributed by atoms with E-state index in [0.717, 1.165) is 29.7 Å². The van der Waals surface area contributed by atoms with Crippen molar-refractivity contribution in [3.05, 3.63) is 59.9 Å².